The third-order valence-corrected chi connectivity index (χ3v) is 3.51. The summed E-state index contributed by atoms with van der Waals surface area (Å²) in [5.74, 6) is 1.47. The number of nitrogens with one attached hydrogen (secondary N) is 3. The van der Waals surface area contributed by atoms with Crippen molar-refractivity contribution in [2.45, 2.75) is 33.2 Å². The van der Waals surface area contributed by atoms with E-state index >= 15 is 0 Å². The maximum atomic E-state index is 11.3. The summed E-state index contributed by atoms with van der Waals surface area (Å²) in [5.41, 5.74) is 0.299. The van der Waals surface area contributed by atoms with Crippen LogP contribution >= 0.6 is 0 Å². The molecule has 8 heteroatoms. The van der Waals surface area contributed by atoms with E-state index in [-0.39, 0.29) is 0 Å². The first-order valence-electron chi connectivity index (χ1n) is 6.43. The highest BCUT2D eigenvalue weighted by Gasteiger charge is 2.22. The van der Waals surface area contributed by atoms with Crippen molar-refractivity contribution < 1.29 is 8.42 Å². The molecule has 1 heterocycles. The molecule has 0 unspecified atom stereocenters. The van der Waals surface area contributed by atoms with Crippen LogP contribution in [0.4, 0.5) is 11.6 Å². The number of hydrogen-bond donors (Lipinski definition) is 3. The fourth-order valence-corrected chi connectivity index (χ4v) is 2.89. The lowest BCUT2D eigenvalue weighted by atomic mass is 10.1. The van der Waals surface area contributed by atoms with Gasteiger partial charge in [-0.2, -0.15) is 0 Å². The molecule has 0 aliphatic rings. The molecule has 20 heavy (non-hydrogen) atoms. The highest BCUT2D eigenvalue weighted by molar-refractivity contribution is 7.88. The molecule has 0 radical (unpaired) electrons. The predicted molar refractivity (Wildman–Crippen MR) is 81.5 cm³/mol. The molecule has 0 saturated heterocycles. The van der Waals surface area contributed by atoms with Crippen LogP contribution in [0.1, 0.15) is 26.3 Å². The summed E-state index contributed by atoms with van der Waals surface area (Å²) in [5, 5.41) is 6.31. The number of anilines is 2. The van der Waals surface area contributed by atoms with Gasteiger partial charge in [-0.1, -0.05) is 0 Å². The SMILES string of the molecule is CCNc1ncnc(NCC(C)(C)NS(C)(=O)=O)c1C. The summed E-state index contributed by atoms with van der Waals surface area (Å²) in [6.45, 7) is 8.72. The van der Waals surface area contributed by atoms with Crippen molar-refractivity contribution in [3.63, 3.8) is 0 Å². The van der Waals surface area contributed by atoms with E-state index in [1.165, 1.54) is 6.33 Å². The van der Waals surface area contributed by atoms with Crippen molar-refractivity contribution in [1.82, 2.24) is 14.7 Å². The molecule has 0 aliphatic carbocycles. The van der Waals surface area contributed by atoms with Crippen molar-refractivity contribution >= 4 is 21.7 Å². The summed E-state index contributed by atoms with van der Waals surface area (Å²) in [6.07, 6.45) is 2.62. The van der Waals surface area contributed by atoms with Crippen molar-refractivity contribution in [2.24, 2.45) is 0 Å². The predicted octanol–water partition coefficient (Wildman–Crippen LogP) is 0.957. The highest BCUT2D eigenvalue weighted by Crippen LogP contribution is 2.18. The molecule has 1 aromatic rings. The topological polar surface area (TPSA) is 96.0 Å². The molecule has 3 N–H and O–H groups in total. The van der Waals surface area contributed by atoms with E-state index in [0.717, 1.165) is 24.2 Å². The van der Waals surface area contributed by atoms with Crippen LogP contribution in [0.15, 0.2) is 6.33 Å². The van der Waals surface area contributed by atoms with Crippen molar-refractivity contribution in [3.05, 3.63) is 11.9 Å². The Morgan fingerprint density at radius 1 is 1.20 bits per heavy atom. The molecule has 7 nitrogen and oxygen atoms in total. The van der Waals surface area contributed by atoms with Gasteiger partial charge in [0.25, 0.3) is 0 Å². The molecule has 0 saturated carbocycles. The first-order chi connectivity index (χ1) is 9.14. The monoisotopic (exact) mass is 301 g/mol. The lowest BCUT2D eigenvalue weighted by Gasteiger charge is -2.26. The number of hydrogen-bond acceptors (Lipinski definition) is 6. The third-order valence-electron chi connectivity index (χ3n) is 2.59. The number of aromatic nitrogens is 2. The maximum Gasteiger partial charge on any atom is 0.209 e. The van der Waals surface area contributed by atoms with E-state index in [0.29, 0.717) is 12.4 Å². The zero-order valence-electron chi connectivity index (χ0n) is 12.6. The quantitative estimate of drug-likeness (QED) is 0.694. The van der Waals surface area contributed by atoms with E-state index in [4.69, 9.17) is 0 Å². The van der Waals surface area contributed by atoms with Gasteiger partial charge < -0.3 is 10.6 Å². The maximum absolute atomic E-state index is 11.3. The minimum atomic E-state index is -3.25. The molecule has 1 aromatic heterocycles. The highest BCUT2D eigenvalue weighted by atomic mass is 32.2. The molecular weight excluding hydrogens is 278 g/mol. The molecule has 0 fully saturated rings. The van der Waals surface area contributed by atoms with Crippen molar-refractivity contribution in [3.8, 4) is 0 Å². The molecule has 0 amide bonds. The van der Waals surface area contributed by atoms with E-state index < -0.39 is 15.6 Å². The van der Waals surface area contributed by atoms with Crippen LogP contribution in [-0.2, 0) is 10.0 Å². The van der Waals surface area contributed by atoms with Crippen LogP contribution < -0.4 is 15.4 Å². The van der Waals surface area contributed by atoms with E-state index in [9.17, 15) is 8.42 Å². The summed E-state index contributed by atoms with van der Waals surface area (Å²) in [7, 11) is -3.25. The van der Waals surface area contributed by atoms with Gasteiger partial charge in [0.1, 0.15) is 18.0 Å². The van der Waals surface area contributed by atoms with E-state index in [1.54, 1.807) is 0 Å². The van der Waals surface area contributed by atoms with Gasteiger partial charge in [-0.3, -0.25) is 0 Å². The largest absolute Gasteiger partial charge is 0.370 e. The summed E-state index contributed by atoms with van der Waals surface area (Å²) in [6, 6.07) is 0. The molecular formula is C12H23N5O2S. The van der Waals surface area contributed by atoms with Crippen LogP contribution in [0, 0.1) is 6.92 Å². The van der Waals surface area contributed by atoms with Crippen molar-refractivity contribution in [2.75, 3.05) is 30.0 Å². The number of sulfonamides is 1. The summed E-state index contributed by atoms with van der Waals surface area (Å²) >= 11 is 0. The van der Waals surface area contributed by atoms with E-state index in [1.807, 2.05) is 27.7 Å². The molecule has 0 bridgehead atoms. The fourth-order valence-electron chi connectivity index (χ4n) is 1.82. The Labute approximate surface area is 120 Å². The lowest BCUT2D eigenvalue weighted by Crippen LogP contribution is -2.47. The standard InChI is InChI=1S/C12H23N5O2S/c1-6-13-10-9(2)11(16-8-15-10)14-7-12(3,4)17-20(5,18)19/h8,17H,6-7H2,1-5H3,(H2,13,14,15,16). The Hall–Kier alpha value is -1.41. The summed E-state index contributed by atoms with van der Waals surface area (Å²) in [4.78, 5) is 8.34. The van der Waals surface area contributed by atoms with Gasteiger partial charge in [0.05, 0.1) is 6.26 Å². The van der Waals surface area contributed by atoms with Gasteiger partial charge >= 0.3 is 0 Å². The van der Waals surface area contributed by atoms with Gasteiger partial charge in [-0.05, 0) is 27.7 Å². The minimum absolute atomic E-state index is 0.420. The number of rotatable bonds is 7. The summed E-state index contributed by atoms with van der Waals surface area (Å²) < 4.78 is 25.2. The Morgan fingerprint density at radius 2 is 1.75 bits per heavy atom. The molecule has 114 valence electrons. The Bertz CT molecular complexity index is 557. The van der Waals surface area contributed by atoms with Gasteiger partial charge in [0.15, 0.2) is 0 Å². The molecule has 0 atom stereocenters. The molecule has 0 aromatic carbocycles. The Balaban J connectivity index is 2.77. The minimum Gasteiger partial charge on any atom is -0.370 e. The average molecular weight is 301 g/mol. The van der Waals surface area contributed by atoms with Crippen LogP contribution in [0.5, 0.6) is 0 Å². The number of nitrogens with zero attached hydrogens (tertiary/aromatic N) is 2. The normalized spacial score (nSPS) is 12.2. The second kappa shape index (κ2) is 6.36. The fraction of sp³-hybridized carbons (Fsp3) is 0.667. The Morgan fingerprint density at radius 3 is 2.25 bits per heavy atom. The molecule has 1 rings (SSSR count). The van der Waals surface area contributed by atoms with Gasteiger partial charge in [-0.15, -0.1) is 0 Å². The smallest absolute Gasteiger partial charge is 0.209 e. The van der Waals surface area contributed by atoms with Crippen LogP contribution in [0.3, 0.4) is 0 Å². The lowest BCUT2D eigenvalue weighted by molar-refractivity contribution is 0.475. The van der Waals surface area contributed by atoms with Crippen LogP contribution in [-0.4, -0.2) is 43.3 Å². The molecule has 0 spiro atoms. The zero-order chi connectivity index (χ0) is 15.4. The van der Waals surface area contributed by atoms with Crippen LogP contribution in [0.2, 0.25) is 0 Å². The second-order valence-electron chi connectivity index (χ2n) is 5.34. The van der Waals surface area contributed by atoms with Gasteiger partial charge in [0, 0.05) is 24.2 Å². The second-order valence-corrected chi connectivity index (χ2v) is 7.09. The molecule has 0 aliphatic heterocycles. The van der Waals surface area contributed by atoms with Crippen molar-refractivity contribution in [1.29, 1.82) is 0 Å². The zero-order valence-corrected chi connectivity index (χ0v) is 13.4. The first kappa shape index (κ1) is 16.6. The first-order valence-corrected chi connectivity index (χ1v) is 8.32. The Kier molecular flexibility index (Phi) is 5.29. The average Bonchev–Trinajstić information content (AvgIpc) is 2.27. The third kappa shape index (κ3) is 5.30. The van der Waals surface area contributed by atoms with Gasteiger partial charge in [-0.25, -0.2) is 23.1 Å². The van der Waals surface area contributed by atoms with Gasteiger partial charge in [0.2, 0.25) is 10.0 Å². The van der Waals surface area contributed by atoms with Crippen LogP contribution in [0.25, 0.3) is 0 Å². The van der Waals surface area contributed by atoms with E-state index in [2.05, 4.69) is 25.3 Å².